The molecule has 0 aromatic rings. The van der Waals surface area contributed by atoms with Gasteiger partial charge in [-0.3, -0.25) is 33.6 Å². The van der Waals surface area contributed by atoms with Crippen molar-refractivity contribution in [1.82, 2.24) is 5.32 Å². The van der Waals surface area contributed by atoms with Crippen LogP contribution in [0.15, 0.2) is 0 Å². The van der Waals surface area contributed by atoms with E-state index in [1.807, 2.05) is 0 Å². The Hall–Kier alpha value is -4.28. The normalized spacial score (nSPS) is 23.0. The third-order valence-corrected chi connectivity index (χ3v) is 5.17. The number of esters is 7. The molecule has 1 aliphatic heterocycles. The minimum absolute atomic E-state index is 0.710. The van der Waals surface area contributed by atoms with Crippen molar-refractivity contribution >= 4 is 47.7 Å². The molecule has 0 bridgehead atoms. The molecule has 1 saturated heterocycles. The van der Waals surface area contributed by atoms with E-state index in [0.717, 1.165) is 48.7 Å². The van der Waals surface area contributed by atoms with Crippen LogP contribution in [0.3, 0.4) is 0 Å². The fraction of sp³-hybridized carbons (Fsp3) is 0.667. The molecular formula is C24H33NO16. The lowest BCUT2D eigenvalue weighted by Gasteiger charge is -2.48. The van der Waals surface area contributed by atoms with Crippen molar-refractivity contribution in [3.8, 4) is 0 Å². The fourth-order valence-corrected chi connectivity index (χ4v) is 3.90. The molecule has 41 heavy (non-hydrogen) atoms. The SMILES string of the molecule is COC(=O)[C@@]1(OC(C)=O)C[C@@H](OC(C)=O)[C@@H](NC(=O)COC(C)=O)[C@@H]([C@H](OC(C)=O)[C@@H](COC(C)=O)OC(C)=O)O1. The Kier molecular flexibility index (Phi) is 13.1. The van der Waals surface area contributed by atoms with Gasteiger partial charge >= 0.3 is 47.6 Å². The molecule has 0 aromatic heterocycles. The summed E-state index contributed by atoms with van der Waals surface area (Å²) in [6, 6.07) is -1.55. The van der Waals surface area contributed by atoms with Crippen LogP contribution in [0.25, 0.3) is 0 Å². The summed E-state index contributed by atoms with van der Waals surface area (Å²) in [7, 11) is 0.936. The zero-order valence-electron chi connectivity index (χ0n) is 23.5. The molecule has 0 unspecified atom stereocenters. The zero-order chi connectivity index (χ0) is 31.5. The first-order valence-corrected chi connectivity index (χ1v) is 12.0. The van der Waals surface area contributed by atoms with Crippen molar-refractivity contribution in [3.05, 3.63) is 0 Å². The topological polar surface area (TPSA) is 222 Å². The number of hydrogen-bond donors (Lipinski definition) is 1. The lowest BCUT2D eigenvalue weighted by Crippen LogP contribution is -2.69. The highest BCUT2D eigenvalue weighted by Crippen LogP contribution is 2.37. The van der Waals surface area contributed by atoms with Crippen LogP contribution in [-0.2, 0) is 76.3 Å². The third kappa shape index (κ3) is 11.0. The van der Waals surface area contributed by atoms with Crippen molar-refractivity contribution in [2.24, 2.45) is 0 Å². The molecule has 0 saturated carbocycles. The maximum atomic E-state index is 12.9. The molecule has 1 N–H and O–H groups in total. The number of ether oxygens (including phenoxy) is 8. The molecule has 1 amide bonds. The van der Waals surface area contributed by atoms with Gasteiger partial charge in [-0.05, 0) is 0 Å². The molecular weight excluding hydrogens is 558 g/mol. The van der Waals surface area contributed by atoms with Crippen LogP contribution < -0.4 is 5.32 Å². The second kappa shape index (κ2) is 15.5. The minimum Gasteiger partial charge on any atom is -0.464 e. The van der Waals surface area contributed by atoms with Crippen LogP contribution in [0.4, 0.5) is 0 Å². The van der Waals surface area contributed by atoms with Gasteiger partial charge in [-0.15, -0.1) is 0 Å². The third-order valence-electron chi connectivity index (χ3n) is 5.17. The quantitative estimate of drug-likeness (QED) is 0.204. The number of carbonyl (C=O) groups excluding carboxylic acids is 8. The molecule has 1 heterocycles. The Morgan fingerprint density at radius 3 is 1.85 bits per heavy atom. The van der Waals surface area contributed by atoms with E-state index in [2.05, 4.69) is 10.1 Å². The van der Waals surface area contributed by atoms with Crippen LogP contribution in [0.1, 0.15) is 48.0 Å². The summed E-state index contributed by atoms with van der Waals surface area (Å²) in [6.07, 6.45) is -7.58. The predicted octanol–water partition coefficient (Wildman–Crippen LogP) is -1.39. The molecule has 230 valence electrons. The Balaban J connectivity index is 3.87. The van der Waals surface area contributed by atoms with E-state index in [9.17, 15) is 38.4 Å². The van der Waals surface area contributed by atoms with E-state index in [1.165, 1.54) is 0 Å². The van der Waals surface area contributed by atoms with Crippen LogP contribution in [0.2, 0.25) is 0 Å². The summed E-state index contributed by atoms with van der Waals surface area (Å²) in [5.41, 5.74) is 0. The van der Waals surface area contributed by atoms with Gasteiger partial charge in [-0.2, -0.15) is 0 Å². The highest BCUT2D eigenvalue weighted by molar-refractivity contribution is 5.83. The van der Waals surface area contributed by atoms with Gasteiger partial charge in [0.05, 0.1) is 19.6 Å². The maximum absolute atomic E-state index is 12.9. The number of hydrogen-bond acceptors (Lipinski definition) is 16. The van der Waals surface area contributed by atoms with Crippen LogP contribution >= 0.6 is 0 Å². The average molecular weight is 592 g/mol. The van der Waals surface area contributed by atoms with Crippen molar-refractivity contribution in [3.63, 3.8) is 0 Å². The van der Waals surface area contributed by atoms with Gasteiger partial charge in [0.1, 0.15) is 18.8 Å². The first kappa shape index (κ1) is 34.7. The van der Waals surface area contributed by atoms with Crippen molar-refractivity contribution in [2.45, 2.75) is 84.2 Å². The molecule has 17 nitrogen and oxygen atoms in total. The number of methoxy groups -OCH3 is 1. The number of amides is 1. The van der Waals surface area contributed by atoms with Gasteiger partial charge < -0.3 is 43.2 Å². The fourth-order valence-electron chi connectivity index (χ4n) is 3.90. The van der Waals surface area contributed by atoms with Gasteiger partial charge in [-0.1, -0.05) is 0 Å². The number of carbonyl (C=O) groups is 8. The number of nitrogens with one attached hydrogen (secondary N) is 1. The molecule has 1 rings (SSSR count). The number of rotatable bonds is 12. The van der Waals surface area contributed by atoms with Gasteiger partial charge in [0, 0.05) is 41.5 Å². The van der Waals surface area contributed by atoms with Crippen molar-refractivity contribution in [2.75, 3.05) is 20.3 Å². The molecule has 1 fully saturated rings. The van der Waals surface area contributed by atoms with Crippen LogP contribution in [0, 0.1) is 0 Å². The Morgan fingerprint density at radius 1 is 0.805 bits per heavy atom. The van der Waals surface area contributed by atoms with Gasteiger partial charge in [-0.25, -0.2) is 4.79 Å². The smallest absolute Gasteiger partial charge is 0.379 e. The molecule has 0 radical (unpaired) electrons. The summed E-state index contributed by atoms with van der Waals surface area (Å²) in [6.45, 7) is 4.45. The van der Waals surface area contributed by atoms with Crippen LogP contribution in [0.5, 0.6) is 0 Å². The highest BCUT2D eigenvalue weighted by Gasteiger charge is 2.60. The van der Waals surface area contributed by atoms with Gasteiger partial charge in [0.2, 0.25) is 0 Å². The Bertz CT molecular complexity index is 1040. The molecule has 6 atom stereocenters. The molecule has 1 aliphatic rings. The van der Waals surface area contributed by atoms with E-state index in [0.29, 0.717) is 0 Å². The molecule has 0 aromatic carbocycles. The van der Waals surface area contributed by atoms with E-state index in [-0.39, 0.29) is 0 Å². The predicted molar refractivity (Wildman–Crippen MR) is 128 cm³/mol. The van der Waals surface area contributed by atoms with Crippen molar-refractivity contribution < 1.29 is 76.3 Å². The largest absolute Gasteiger partial charge is 0.464 e. The summed E-state index contributed by atoms with van der Waals surface area (Å²) < 4.78 is 41.3. The lowest BCUT2D eigenvalue weighted by molar-refractivity contribution is -0.304. The zero-order valence-corrected chi connectivity index (χ0v) is 23.5. The van der Waals surface area contributed by atoms with E-state index >= 15 is 0 Å². The van der Waals surface area contributed by atoms with Crippen molar-refractivity contribution in [1.29, 1.82) is 0 Å². The standard InChI is InChI=1S/C24H33NO16/c1-11(26)35-9-18(38-14(4)29)21(39-15(5)30)22-20(25-19(32)10-36-12(2)27)17(37-13(3)28)8-24(41-22,23(33)34-7)40-16(6)31/h17-18,20-22H,8-10H2,1-7H3,(H,25,32)/t17-,18-,20-,21-,22+,24-/m1/s1. The van der Waals surface area contributed by atoms with E-state index in [1.54, 1.807) is 0 Å². The first-order valence-electron chi connectivity index (χ1n) is 12.0. The molecule has 17 heteroatoms. The second-order valence-corrected chi connectivity index (χ2v) is 8.67. The van der Waals surface area contributed by atoms with E-state index in [4.69, 9.17) is 33.2 Å². The summed E-state index contributed by atoms with van der Waals surface area (Å²) in [5.74, 6) is -10.4. The van der Waals surface area contributed by atoms with Crippen LogP contribution in [-0.4, -0.2) is 104 Å². The minimum atomic E-state index is -2.64. The van der Waals surface area contributed by atoms with Gasteiger partial charge in [0.15, 0.2) is 18.8 Å². The maximum Gasteiger partial charge on any atom is 0.379 e. The highest BCUT2D eigenvalue weighted by atomic mass is 16.8. The van der Waals surface area contributed by atoms with Gasteiger partial charge in [0.25, 0.3) is 5.91 Å². The summed E-state index contributed by atoms with van der Waals surface area (Å²) in [5, 5.41) is 2.40. The first-order chi connectivity index (χ1) is 19.0. The summed E-state index contributed by atoms with van der Waals surface area (Å²) in [4.78, 5) is 96.6. The second-order valence-electron chi connectivity index (χ2n) is 8.67. The lowest BCUT2D eigenvalue weighted by atomic mass is 9.88. The monoisotopic (exact) mass is 591 g/mol. The Morgan fingerprint density at radius 2 is 1.39 bits per heavy atom. The van der Waals surface area contributed by atoms with E-state index < -0.39 is 104 Å². The molecule has 0 spiro atoms. The average Bonchev–Trinajstić information content (AvgIpc) is 2.83. The molecule has 0 aliphatic carbocycles. The Labute approximate surface area is 234 Å². The summed E-state index contributed by atoms with van der Waals surface area (Å²) >= 11 is 0.